The molecule has 30 heavy (non-hydrogen) atoms. The highest BCUT2D eigenvalue weighted by atomic mass is 16.9. The van der Waals surface area contributed by atoms with Crippen LogP contribution in [-0.2, 0) is 21.6 Å². The molecule has 3 heterocycles. The van der Waals surface area contributed by atoms with Crippen LogP contribution in [0.15, 0.2) is 30.3 Å². The van der Waals surface area contributed by atoms with Gasteiger partial charge in [0.15, 0.2) is 6.29 Å². The Morgan fingerprint density at radius 2 is 2.00 bits per heavy atom. The SMILES string of the molecule is CC1OC(n2nc3c(c2N)CN(C(=O)N[C@H](CN(C)C)c2ccccc2)C3(C)C)O1. The lowest BCUT2D eigenvalue weighted by Gasteiger charge is -2.36. The predicted molar refractivity (Wildman–Crippen MR) is 112 cm³/mol. The third kappa shape index (κ3) is 3.53. The van der Waals surface area contributed by atoms with Gasteiger partial charge in [-0.1, -0.05) is 30.3 Å². The second kappa shape index (κ2) is 7.57. The highest BCUT2D eigenvalue weighted by Crippen LogP contribution is 2.42. The van der Waals surface area contributed by atoms with Gasteiger partial charge in [0.1, 0.15) is 5.82 Å². The zero-order valence-corrected chi connectivity index (χ0v) is 18.1. The number of hydrogen-bond acceptors (Lipinski definition) is 6. The first-order chi connectivity index (χ1) is 14.2. The van der Waals surface area contributed by atoms with Crippen molar-refractivity contribution in [3.05, 3.63) is 47.2 Å². The maximum Gasteiger partial charge on any atom is 0.319 e. The molecule has 0 spiro atoms. The first kappa shape index (κ1) is 20.6. The molecule has 9 nitrogen and oxygen atoms in total. The van der Waals surface area contributed by atoms with Crippen LogP contribution >= 0.6 is 0 Å². The van der Waals surface area contributed by atoms with Crippen molar-refractivity contribution in [2.24, 2.45) is 0 Å². The normalized spacial score (nSPS) is 23.2. The molecule has 0 bridgehead atoms. The van der Waals surface area contributed by atoms with Crippen molar-refractivity contribution in [1.82, 2.24) is 24.9 Å². The number of aromatic nitrogens is 2. The lowest BCUT2D eigenvalue weighted by Crippen LogP contribution is -2.49. The van der Waals surface area contributed by atoms with Crippen LogP contribution in [0, 0.1) is 0 Å². The number of amides is 2. The average Bonchev–Trinajstić information content (AvgIpc) is 3.13. The summed E-state index contributed by atoms with van der Waals surface area (Å²) in [6, 6.07) is 9.71. The van der Waals surface area contributed by atoms with Crippen LogP contribution in [0.1, 0.15) is 50.0 Å². The summed E-state index contributed by atoms with van der Waals surface area (Å²) in [6.07, 6.45) is -0.874. The van der Waals surface area contributed by atoms with Gasteiger partial charge in [0, 0.05) is 12.1 Å². The number of nitrogens with two attached hydrogens (primary N) is 1. The van der Waals surface area contributed by atoms with Gasteiger partial charge in [0.2, 0.25) is 0 Å². The molecule has 0 unspecified atom stereocenters. The number of fused-ring (bicyclic) bond motifs is 1. The number of ether oxygens (including phenoxy) is 2. The maximum absolute atomic E-state index is 13.3. The number of rotatable bonds is 5. The summed E-state index contributed by atoms with van der Waals surface area (Å²) in [4.78, 5) is 17.1. The van der Waals surface area contributed by atoms with Crippen LogP contribution in [0.5, 0.6) is 0 Å². The minimum absolute atomic E-state index is 0.132. The number of nitrogen functional groups attached to an aromatic ring is 1. The molecule has 4 rings (SSSR count). The minimum Gasteiger partial charge on any atom is -0.383 e. The Labute approximate surface area is 176 Å². The fraction of sp³-hybridized carbons (Fsp3) is 0.524. The molecule has 2 aliphatic heterocycles. The molecule has 162 valence electrons. The molecule has 1 saturated heterocycles. The molecule has 2 aromatic rings. The number of benzene rings is 1. The van der Waals surface area contributed by atoms with Crippen LogP contribution in [0.4, 0.5) is 10.6 Å². The van der Waals surface area contributed by atoms with E-state index in [1.165, 1.54) is 0 Å². The quantitative estimate of drug-likeness (QED) is 0.780. The van der Waals surface area contributed by atoms with Gasteiger partial charge in [-0.05, 0) is 40.4 Å². The Morgan fingerprint density at radius 3 is 2.57 bits per heavy atom. The van der Waals surface area contributed by atoms with Gasteiger partial charge in [-0.3, -0.25) is 0 Å². The molecule has 0 radical (unpaired) electrons. The first-order valence-corrected chi connectivity index (χ1v) is 10.1. The van der Waals surface area contributed by atoms with Crippen molar-refractivity contribution in [2.75, 3.05) is 26.4 Å². The summed E-state index contributed by atoms with van der Waals surface area (Å²) in [6.45, 7) is 6.84. The molecule has 1 fully saturated rings. The van der Waals surface area contributed by atoms with Crippen LogP contribution < -0.4 is 11.1 Å². The van der Waals surface area contributed by atoms with Gasteiger partial charge >= 0.3 is 6.03 Å². The fourth-order valence-corrected chi connectivity index (χ4v) is 4.06. The number of anilines is 1. The molecule has 1 atom stereocenters. The third-order valence-corrected chi connectivity index (χ3v) is 5.73. The van der Waals surface area contributed by atoms with Crippen molar-refractivity contribution in [3.8, 4) is 0 Å². The van der Waals surface area contributed by atoms with E-state index in [1.54, 1.807) is 9.58 Å². The third-order valence-electron chi connectivity index (χ3n) is 5.73. The highest BCUT2D eigenvalue weighted by molar-refractivity contribution is 5.77. The van der Waals surface area contributed by atoms with Gasteiger partial charge in [-0.25, -0.2) is 4.79 Å². The van der Waals surface area contributed by atoms with Crippen molar-refractivity contribution < 1.29 is 14.3 Å². The van der Waals surface area contributed by atoms with E-state index in [2.05, 4.69) is 15.3 Å². The number of carbonyl (C=O) groups excluding carboxylic acids is 1. The largest absolute Gasteiger partial charge is 0.383 e. The molecule has 1 aromatic heterocycles. The van der Waals surface area contributed by atoms with Crippen molar-refractivity contribution in [2.45, 2.75) is 51.6 Å². The minimum atomic E-state index is -0.618. The summed E-state index contributed by atoms with van der Waals surface area (Å²) < 4.78 is 12.6. The molecule has 9 heteroatoms. The summed E-state index contributed by atoms with van der Waals surface area (Å²) in [5.41, 5.74) is 8.38. The lowest BCUT2D eigenvalue weighted by molar-refractivity contribution is -0.414. The van der Waals surface area contributed by atoms with E-state index in [1.807, 2.05) is 65.2 Å². The van der Waals surface area contributed by atoms with E-state index in [4.69, 9.17) is 15.2 Å². The molecule has 3 N–H and O–H groups in total. The molecular weight excluding hydrogens is 384 g/mol. The summed E-state index contributed by atoms with van der Waals surface area (Å²) in [5, 5.41) is 7.82. The molecule has 0 aliphatic carbocycles. The predicted octanol–water partition coefficient (Wildman–Crippen LogP) is 2.38. The Kier molecular flexibility index (Phi) is 5.21. The summed E-state index contributed by atoms with van der Waals surface area (Å²) >= 11 is 0. The van der Waals surface area contributed by atoms with Crippen molar-refractivity contribution >= 4 is 11.8 Å². The van der Waals surface area contributed by atoms with E-state index < -0.39 is 12.0 Å². The number of nitrogens with zero attached hydrogens (tertiary/aromatic N) is 4. The second-order valence-corrected chi connectivity index (χ2v) is 8.62. The summed E-state index contributed by atoms with van der Waals surface area (Å²) in [7, 11) is 3.99. The van der Waals surface area contributed by atoms with Crippen LogP contribution in [0.3, 0.4) is 0 Å². The second-order valence-electron chi connectivity index (χ2n) is 8.62. The van der Waals surface area contributed by atoms with E-state index in [0.29, 0.717) is 18.9 Å². The number of likely N-dealkylation sites (N-methyl/N-ethyl adjacent to an activating group) is 1. The van der Waals surface area contributed by atoms with Gasteiger partial charge < -0.3 is 30.3 Å². The molecule has 1 aromatic carbocycles. The average molecular weight is 415 g/mol. The van der Waals surface area contributed by atoms with Crippen molar-refractivity contribution in [3.63, 3.8) is 0 Å². The Bertz CT molecular complexity index is 920. The van der Waals surface area contributed by atoms with E-state index in [-0.39, 0.29) is 18.4 Å². The number of nitrogens with one attached hydrogen (secondary N) is 1. The molecular formula is C21H30N6O3. The van der Waals surface area contributed by atoms with Crippen LogP contribution in [0.25, 0.3) is 0 Å². The summed E-state index contributed by atoms with van der Waals surface area (Å²) in [5.74, 6) is 0.471. The molecule has 2 amide bonds. The number of hydrogen-bond donors (Lipinski definition) is 2. The fourth-order valence-electron chi connectivity index (χ4n) is 4.06. The van der Waals surface area contributed by atoms with Gasteiger partial charge in [-0.15, -0.1) is 0 Å². The lowest BCUT2D eigenvalue weighted by atomic mass is 10.0. The van der Waals surface area contributed by atoms with E-state index >= 15 is 0 Å². The first-order valence-electron chi connectivity index (χ1n) is 10.1. The maximum atomic E-state index is 13.3. The topological polar surface area (TPSA) is 97.9 Å². The monoisotopic (exact) mass is 414 g/mol. The zero-order valence-electron chi connectivity index (χ0n) is 18.1. The zero-order chi connectivity index (χ0) is 21.6. The Hall–Kier alpha value is -2.62. The molecule has 2 aliphatic rings. The van der Waals surface area contributed by atoms with Gasteiger partial charge in [0.25, 0.3) is 6.41 Å². The van der Waals surface area contributed by atoms with Crippen LogP contribution in [0.2, 0.25) is 0 Å². The van der Waals surface area contributed by atoms with Gasteiger partial charge in [-0.2, -0.15) is 9.78 Å². The number of carbonyl (C=O) groups is 1. The Morgan fingerprint density at radius 1 is 1.33 bits per heavy atom. The standard InChI is InChI=1S/C21H30N6O3/c1-13-29-20(30-13)27-18(22)15-11-26(21(2,3)17(15)24-27)19(28)23-16(12-25(4)5)14-9-7-6-8-10-14/h6-10,13,16,20H,11-12,22H2,1-5H3,(H,23,28)/t13?,16-,20?/m1/s1. The van der Waals surface area contributed by atoms with Crippen molar-refractivity contribution in [1.29, 1.82) is 0 Å². The molecule has 0 saturated carbocycles. The van der Waals surface area contributed by atoms with Gasteiger partial charge in [0.05, 0.1) is 23.8 Å². The van der Waals surface area contributed by atoms with Crippen LogP contribution in [-0.4, -0.2) is 52.5 Å². The smallest absolute Gasteiger partial charge is 0.319 e. The Balaban J connectivity index is 1.54. The van der Waals surface area contributed by atoms with E-state index in [0.717, 1.165) is 16.8 Å². The van der Waals surface area contributed by atoms with E-state index in [9.17, 15) is 4.79 Å². The number of urea groups is 1. The highest BCUT2D eigenvalue weighted by Gasteiger charge is 2.46.